The lowest BCUT2D eigenvalue weighted by Gasteiger charge is -2.25. The zero-order chi connectivity index (χ0) is 16.7. The first-order valence-corrected chi connectivity index (χ1v) is 8.41. The molecule has 0 bridgehead atoms. The van der Waals surface area contributed by atoms with Gasteiger partial charge in [0, 0.05) is 17.9 Å². The monoisotopic (exact) mass is 329 g/mol. The van der Waals surface area contributed by atoms with E-state index in [0.717, 1.165) is 25.0 Å². The summed E-state index contributed by atoms with van der Waals surface area (Å²) in [4.78, 5) is 14.6. The van der Waals surface area contributed by atoms with Crippen molar-refractivity contribution < 1.29 is 18.7 Å². The van der Waals surface area contributed by atoms with Crippen LogP contribution >= 0.6 is 0 Å². The maximum absolute atomic E-state index is 13.0. The van der Waals surface area contributed by atoms with Crippen molar-refractivity contribution in [1.82, 2.24) is 4.90 Å². The van der Waals surface area contributed by atoms with Gasteiger partial charge in [0.2, 0.25) is 5.91 Å². The Morgan fingerprint density at radius 3 is 2.67 bits per heavy atom. The molecule has 3 unspecified atom stereocenters. The van der Waals surface area contributed by atoms with E-state index in [1.54, 1.807) is 18.4 Å². The highest BCUT2D eigenvalue weighted by atomic mass is 19.1. The van der Waals surface area contributed by atoms with Crippen molar-refractivity contribution in [3.8, 4) is 0 Å². The van der Waals surface area contributed by atoms with Crippen molar-refractivity contribution in [2.24, 2.45) is 5.92 Å². The Bertz CT molecular complexity index is 709. The molecule has 0 aliphatic heterocycles. The number of hydrogen-bond acceptors (Lipinski definition) is 3. The summed E-state index contributed by atoms with van der Waals surface area (Å²) < 4.78 is 18.4. The molecule has 3 atom stereocenters. The Hall–Kier alpha value is -2.14. The largest absolute Gasteiger partial charge is 0.469 e. The number of amides is 1. The fraction of sp³-hybridized carbons (Fsp3) is 0.421. The normalized spacial score (nSPS) is 23.8. The minimum Gasteiger partial charge on any atom is -0.469 e. The highest BCUT2D eigenvalue weighted by molar-refractivity contribution is 5.83. The molecular weight excluding hydrogens is 309 g/mol. The lowest BCUT2D eigenvalue weighted by molar-refractivity contribution is -0.134. The van der Waals surface area contributed by atoms with Crippen LogP contribution < -0.4 is 0 Å². The molecule has 5 heteroatoms. The lowest BCUT2D eigenvalue weighted by Crippen LogP contribution is -2.38. The third-order valence-corrected chi connectivity index (χ3v) is 4.91. The van der Waals surface area contributed by atoms with E-state index in [2.05, 4.69) is 0 Å². The second kappa shape index (κ2) is 6.06. The van der Waals surface area contributed by atoms with Crippen LogP contribution in [0.3, 0.4) is 0 Å². The Balaban J connectivity index is 1.43. The van der Waals surface area contributed by atoms with Crippen LogP contribution in [-0.2, 0) is 4.79 Å². The summed E-state index contributed by atoms with van der Waals surface area (Å²) >= 11 is 0. The molecule has 2 aliphatic carbocycles. The molecule has 24 heavy (non-hydrogen) atoms. The van der Waals surface area contributed by atoms with Gasteiger partial charge < -0.3 is 14.4 Å². The zero-order valence-corrected chi connectivity index (χ0v) is 13.3. The molecule has 126 valence electrons. The van der Waals surface area contributed by atoms with Gasteiger partial charge in [-0.05, 0) is 49.1 Å². The number of furan rings is 1. The number of carbonyl (C=O) groups is 1. The molecule has 2 saturated carbocycles. The van der Waals surface area contributed by atoms with E-state index in [4.69, 9.17) is 4.42 Å². The summed E-state index contributed by atoms with van der Waals surface area (Å²) in [7, 11) is 0. The van der Waals surface area contributed by atoms with Crippen LogP contribution in [0.4, 0.5) is 4.39 Å². The van der Waals surface area contributed by atoms with Gasteiger partial charge in [-0.15, -0.1) is 0 Å². The fourth-order valence-electron chi connectivity index (χ4n) is 3.28. The zero-order valence-electron chi connectivity index (χ0n) is 13.3. The van der Waals surface area contributed by atoms with Gasteiger partial charge in [-0.1, -0.05) is 12.1 Å². The SMILES string of the molecule is O=C(C1CC1c1ccco1)N(CC(O)c1ccc(F)cc1)C1CC1. The number of aliphatic hydroxyl groups excluding tert-OH is 1. The van der Waals surface area contributed by atoms with E-state index in [-0.39, 0.29) is 36.1 Å². The van der Waals surface area contributed by atoms with E-state index >= 15 is 0 Å². The highest BCUT2D eigenvalue weighted by Gasteiger charge is 2.49. The van der Waals surface area contributed by atoms with Crippen LogP contribution in [0.25, 0.3) is 0 Å². The number of carbonyl (C=O) groups excluding carboxylic acids is 1. The molecule has 4 nitrogen and oxygen atoms in total. The van der Waals surface area contributed by atoms with Crippen molar-refractivity contribution in [2.45, 2.75) is 37.3 Å². The van der Waals surface area contributed by atoms with Gasteiger partial charge in [-0.2, -0.15) is 0 Å². The van der Waals surface area contributed by atoms with E-state index in [1.165, 1.54) is 12.1 Å². The van der Waals surface area contributed by atoms with Gasteiger partial charge in [-0.3, -0.25) is 4.79 Å². The van der Waals surface area contributed by atoms with E-state index in [0.29, 0.717) is 5.56 Å². The van der Waals surface area contributed by atoms with E-state index in [1.807, 2.05) is 17.0 Å². The number of hydrogen-bond donors (Lipinski definition) is 1. The average molecular weight is 329 g/mol. The second-order valence-electron chi connectivity index (χ2n) is 6.75. The third-order valence-electron chi connectivity index (χ3n) is 4.91. The first-order valence-electron chi connectivity index (χ1n) is 8.41. The summed E-state index contributed by atoms with van der Waals surface area (Å²) in [6.07, 6.45) is 3.62. The standard InChI is InChI=1S/C19H20FNO3/c20-13-5-3-12(4-6-13)17(22)11-21(14-7-8-14)19(23)16-10-15(16)18-2-1-9-24-18/h1-6,9,14-17,22H,7-8,10-11H2. The van der Waals surface area contributed by atoms with Crippen molar-refractivity contribution in [3.05, 3.63) is 59.8 Å². The first-order chi connectivity index (χ1) is 11.6. The predicted octanol–water partition coefficient (Wildman–Crippen LogP) is 3.25. The maximum atomic E-state index is 13.0. The molecule has 0 spiro atoms. The molecule has 0 radical (unpaired) electrons. The first kappa shape index (κ1) is 15.4. The number of benzene rings is 1. The predicted molar refractivity (Wildman–Crippen MR) is 85.7 cm³/mol. The van der Waals surface area contributed by atoms with Gasteiger partial charge in [-0.25, -0.2) is 4.39 Å². The van der Waals surface area contributed by atoms with Crippen LogP contribution in [0.1, 0.15) is 42.6 Å². The molecule has 1 N–H and O–H groups in total. The second-order valence-corrected chi connectivity index (χ2v) is 6.75. The number of nitrogens with zero attached hydrogens (tertiary/aromatic N) is 1. The Morgan fingerprint density at radius 1 is 1.29 bits per heavy atom. The highest BCUT2D eigenvalue weighted by Crippen LogP contribution is 2.49. The molecule has 2 aliphatic rings. The smallest absolute Gasteiger partial charge is 0.226 e. The molecule has 1 heterocycles. The lowest BCUT2D eigenvalue weighted by atomic mass is 10.1. The molecule has 2 fully saturated rings. The number of rotatable bonds is 6. The van der Waals surface area contributed by atoms with Crippen molar-refractivity contribution in [1.29, 1.82) is 0 Å². The van der Waals surface area contributed by atoms with Crippen molar-refractivity contribution in [2.75, 3.05) is 6.54 Å². The van der Waals surface area contributed by atoms with Gasteiger partial charge in [0.1, 0.15) is 11.6 Å². The average Bonchev–Trinajstić information content (AvgIpc) is 3.51. The Labute approximate surface area is 139 Å². The third kappa shape index (κ3) is 3.08. The van der Waals surface area contributed by atoms with E-state index < -0.39 is 6.10 Å². The maximum Gasteiger partial charge on any atom is 0.226 e. The summed E-state index contributed by atoms with van der Waals surface area (Å²) in [5.41, 5.74) is 0.633. The minimum absolute atomic E-state index is 0.0443. The number of halogens is 1. The van der Waals surface area contributed by atoms with Gasteiger partial charge in [0.05, 0.1) is 18.9 Å². The van der Waals surface area contributed by atoms with Gasteiger partial charge in [0.15, 0.2) is 0 Å². The summed E-state index contributed by atoms with van der Waals surface area (Å²) in [5, 5.41) is 10.4. The van der Waals surface area contributed by atoms with Gasteiger partial charge >= 0.3 is 0 Å². The van der Waals surface area contributed by atoms with Crippen LogP contribution in [0.2, 0.25) is 0 Å². The molecule has 1 amide bonds. The van der Waals surface area contributed by atoms with Crippen LogP contribution in [0, 0.1) is 11.7 Å². The minimum atomic E-state index is -0.795. The molecule has 4 rings (SSSR count). The molecule has 1 aromatic carbocycles. The summed E-state index contributed by atoms with van der Waals surface area (Å²) in [6.45, 7) is 0.260. The Kier molecular flexibility index (Phi) is 3.88. The topological polar surface area (TPSA) is 53.7 Å². The van der Waals surface area contributed by atoms with Crippen LogP contribution in [0.5, 0.6) is 0 Å². The van der Waals surface area contributed by atoms with E-state index in [9.17, 15) is 14.3 Å². The van der Waals surface area contributed by atoms with Crippen molar-refractivity contribution in [3.63, 3.8) is 0 Å². The summed E-state index contributed by atoms with van der Waals surface area (Å²) in [5.74, 6) is 0.748. The number of aliphatic hydroxyl groups is 1. The van der Waals surface area contributed by atoms with Crippen LogP contribution in [-0.4, -0.2) is 28.5 Å². The Morgan fingerprint density at radius 2 is 2.04 bits per heavy atom. The fourth-order valence-corrected chi connectivity index (χ4v) is 3.28. The molecule has 1 aromatic heterocycles. The van der Waals surface area contributed by atoms with Crippen molar-refractivity contribution >= 4 is 5.91 Å². The quantitative estimate of drug-likeness (QED) is 0.885. The van der Waals surface area contributed by atoms with Gasteiger partial charge in [0.25, 0.3) is 0 Å². The summed E-state index contributed by atoms with van der Waals surface area (Å²) in [6, 6.07) is 9.77. The molecule has 2 aromatic rings. The molecular formula is C19H20FNO3. The van der Waals surface area contributed by atoms with Crippen LogP contribution in [0.15, 0.2) is 47.1 Å². The molecule has 0 saturated heterocycles.